The van der Waals surface area contributed by atoms with Crippen LogP contribution < -0.4 is 0 Å². The molecule has 1 nitrogen and oxygen atoms in total. The first-order valence-corrected chi connectivity index (χ1v) is 6.78. The fourth-order valence-electron chi connectivity index (χ4n) is 4.78. The first-order chi connectivity index (χ1) is 7.26. The highest BCUT2D eigenvalue weighted by atomic mass is 16.1. The van der Waals surface area contributed by atoms with Crippen LogP contribution in [0.2, 0.25) is 0 Å². The summed E-state index contributed by atoms with van der Waals surface area (Å²) in [5.74, 6) is 5.23. The molecule has 0 unspecified atom stereocenters. The molecule has 0 aromatic rings. The lowest BCUT2D eigenvalue weighted by Crippen LogP contribution is -2.45. The molecule has 4 rings (SSSR count). The minimum absolute atomic E-state index is 0.507. The molecule has 0 N–H and O–H groups in total. The molecule has 0 aromatic carbocycles. The van der Waals surface area contributed by atoms with Gasteiger partial charge in [-0.3, -0.25) is 4.79 Å². The van der Waals surface area contributed by atoms with Gasteiger partial charge in [-0.2, -0.15) is 0 Å². The molecule has 0 spiro atoms. The number of hydrogen-bond donors (Lipinski definition) is 0. The van der Waals surface area contributed by atoms with Crippen LogP contribution in [-0.4, -0.2) is 5.78 Å². The van der Waals surface area contributed by atoms with Crippen LogP contribution in [0.1, 0.15) is 51.9 Å². The van der Waals surface area contributed by atoms with Gasteiger partial charge in [0, 0.05) is 12.8 Å². The summed E-state index contributed by atoms with van der Waals surface area (Å²) in [4.78, 5) is 11.6. The smallest absolute Gasteiger partial charge is 0.132 e. The van der Waals surface area contributed by atoms with Crippen LogP contribution in [-0.2, 0) is 4.79 Å². The van der Waals surface area contributed by atoms with E-state index in [1.807, 2.05) is 6.92 Å². The molecule has 84 valence electrons. The van der Waals surface area contributed by atoms with Gasteiger partial charge in [0.25, 0.3) is 0 Å². The lowest BCUT2D eigenvalue weighted by Gasteiger charge is -2.54. The van der Waals surface area contributed by atoms with Crippen LogP contribution in [0.15, 0.2) is 0 Å². The monoisotopic (exact) mass is 206 g/mol. The summed E-state index contributed by atoms with van der Waals surface area (Å²) >= 11 is 0. The molecular formula is C14H22O. The van der Waals surface area contributed by atoms with E-state index in [-0.39, 0.29) is 0 Å². The van der Waals surface area contributed by atoms with Gasteiger partial charge in [0.05, 0.1) is 0 Å². The second-order valence-electron chi connectivity index (χ2n) is 6.19. The number of ketones is 1. The van der Waals surface area contributed by atoms with Crippen molar-refractivity contribution < 1.29 is 4.79 Å². The van der Waals surface area contributed by atoms with Crippen LogP contribution >= 0.6 is 0 Å². The third-order valence-electron chi connectivity index (χ3n) is 5.28. The number of rotatable bonds is 3. The maximum Gasteiger partial charge on any atom is 0.132 e. The maximum absolute atomic E-state index is 11.6. The molecule has 4 saturated carbocycles. The molecule has 4 bridgehead atoms. The van der Waals surface area contributed by atoms with Crippen LogP contribution in [0.3, 0.4) is 0 Å². The maximum atomic E-state index is 11.6. The first-order valence-electron chi connectivity index (χ1n) is 6.78. The molecule has 4 aliphatic carbocycles. The van der Waals surface area contributed by atoms with Gasteiger partial charge in [-0.1, -0.05) is 6.92 Å². The van der Waals surface area contributed by atoms with Crippen molar-refractivity contribution in [3.63, 3.8) is 0 Å². The second-order valence-corrected chi connectivity index (χ2v) is 6.19. The highest BCUT2D eigenvalue weighted by Gasteiger charge is 2.48. The van der Waals surface area contributed by atoms with Crippen molar-refractivity contribution in [1.82, 2.24) is 0 Å². The van der Waals surface area contributed by atoms with Crippen LogP contribution in [0.25, 0.3) is 0 Å². The first kappa shape index (κ1) is 9.86. The predicted octanol–water partition coefficient (Wildman–Crippen LogP) is 3.43. The van der Waals surface area contributed by atoms with Crippen LogP contribution in [0.4, 0.5) is 0 Å². The number of hydrogen-bond acceptors (Lipinski definition) is 1. The Kier molecular flexibility index (Phi) is 2.37. The molecule has 0 atom stereocenters. The highest BCUT2D eigenvalue weighted by molar-refractivity contribution is 5.78. The van der Waals surface area contributed by atoms with E-state index in [1.54, 1.807) is 0 Å². The highest BCUT2D eigenvalue weighted by Crippen LogP contribution is 2.57. The molecule has 0 saturated heterocycles. The van der Waals surface area contributed by atoms with Gasteiger partial charge in [0.1, 0.15) is 5.78 Å². The van der Waals surface area contributed by atoms with Gasteiger partial charge in [0.15, 0.2) is 0 Å². The Morgan fingerprint density at radius 1 is 1.00 bits per heavy atom. The van der Waals surface area contributed by atoms with E-state index in [1.165, 1.54) is 32.1 Å². The molecule has 0 amide bonds. The van der Waals surface area contributed by atoms with Gasteiger partial charge in [-0.15, -0.1) is 0 Å². The topological polar surface area (TPSA) is 17.1 Å². The second kappa shape index (κ2) is 3.61. The van der Waals surface area contributed by atoms with Crippen molar-refractivity contribution in [2.24, 2.45) is 29.6 Å². The summed E-state index contributed by atoms with van der Waals surface area (Å²) in [6.07, 6.45) is 8.99. The molecule has 4 fully saturated rings. The van der Waals surface area contributed by atoms with Gasteiger partial charge >= 0.3 is 0 Å². The van der Waals surface area contributed by atoms with E-state index in [0.717, 1.165) is 42.4 Å². The van der Waals surface area contributed by atoms with E-state index >= 15 is 0 Å². The molecule has 0 radical (unpaired) electrons. The molecular weight excluding hydrogens is 184 g/mol. The summed E-state index contributed by atoms with van der Waals surface area (Å²) in [5, 5.41) is 0. The average Bonchev–Trinajstić information content (AvgIpc) is 2.22. The average molecular weight is 206 g/mol. The molecule has 0 aromatic heterocycles. The largest absolute Gasteiger partial charge is 0.300 e. The predicted molar refractivity (Wildman–Crippen MR) is 60.5 cm³/mol. The van der Waals surface area contributed by atoms with E-state index in [0.29, 0.717) is 5.78 Å². The molecule has 15 heavy (non-hydrogen) atoms. The molecule has 1 heteroatoms. The Morgan fingerprint density at radius 2 is 1.53 bits per heavy atom. The number of carbonyl (C=O) groups excluding carboxylic acids is 1. The fourth-order valence-corrected chi connectivity index (χ4v) is 4.78. The minimum Gasteiger partial charge on any atom is -0.300 e. The van der Waals surface area contributed by atoms with Gasteiger partial charge < -0.3 is 0 Å². The van der Waals surface area contributed by atoms with Crippen molar-refractivity contribution in [1.29, 1.82) is 0 Å². The van der Waals surface area contributed by atoms with Gasteiger partial charge in [-0.25, -0.2) is 0 Å². The van der Waals surface area contributed by atoms with Crippen molar-refractivity contribution in [3.05, 3.63) is 0 Å². The third-order valence-corrected chi connectivity index (χ3v) is 5.28. The van der Waals surface area contributed by atoms with Gasteiger partial charge in [-0.05, 0) is 61.7 Å². The summed E-state index contributed by atoms with van der Waals surface area (Å²) in [7, 11) is 0. The number of carbonyl (C=O) groups is 1. The van der Waals surface area contributed by atoms with Crippen molar-refractivity contribution in [3.8, 4) is 0 Å². The molecule has 0 heterocycles. The standard InChI is InChI=1S/C14H22O/c1-2-13(15)8-14-11-4-9-3-10(6-11)7-12(14)5-9/h9-12,14H,2-8H2,1H3. The van der Waals surface area contributed by atoms with Crippen molar-refractivity contribution in [2.75, 3.05) is 0 Å². The van der Waals surface area contributed by atoms with E-state index in [4.69, 9.17) is 0 Å². The zero-order valence-corrected chi connectivity index (χ0v) is 9.74. The normalized spacial score (nSPS) is 47.1. The fraction of sp³-hybridized carbons (Fsp3) is 0.929. The van der Waals surface area contributed by atoms with Crippen molar-refractivity contribution in [2.45, 2.75) is 51.9 Å². The zero-order chi connectivity index (χ0) is 10.4. The minimum atomic E-state index is 0.507. The number of Topliss-reactive ketones (excluding diaryl/α,β-unsaturated/α-hetero) is 1. The SMILES string of the molecule is CCC(=O)CC1C2CC3CC(C2)CC1C3. The summed E-state index contributed by atoms with van der Waals surface area (Å²) in [6.45, 7) is 2.01. The van der Waals surface area contributed by atoms with E-state index < -0.39 is 0 Å². The van der Waals surface area contributed by atoms with Crippen LogP contribution in [0.5, 0.6) is 0 Å². The summed E-state index contributed by atoms with van der Waals surface area (Å²) < 4.78 is 0. The Bertz CT molecular complexity index is 241. The lowest BCUT2D eigenvalue weighted by atomic mass is 9.51. The Morgan fingerprint density at radius 3 is 2.00 bits per heavy atom. The zero-order valence-electron chi connectivity index (χ0n) is 9.74. The van der Waals surface area contributed by atoms with Crippen molar-refractivity contribution >= 4 is 5.78 Å². The Balaban J connectivity index is 1.72. The Labute approximate surface area is 92.6 Å². The quantitative estimate of drug-likeness (QED) is 0.691. The molecule has 0 aliphatic heterocycles. The summed E-state index contributed by atoms with van der Waals surface area (Å²) in [6, 6.07) is 0. The summed E-state index contributed by atoms with van der Waals surface area (Å²) in [5.41, 5.74) is 0. The van der Waals surface area contributed by atoms with E-state index in [9.17, 15) is 4.79 Å². The molecule has 4 aliphatic rings. The third kappa shape index (κ3) is 1.64. The van der Waals surface area contributed by atoms with Crippen LogP contribution in [0, 0.1) is 29.6 Å². The van der Waals surface area contributed by atoms with Gasteiger partial charge in [0.2, 0.25) is 0 Å². The Hall–Kier alpha value is -0.330. The van der Waals surface area contributed by atoms with E-state index in [2.05, 4.69) is 0 Å². The lowest BCUT2D eigenvalue weighted by molar-refractivity contribution is -0.123.